The normalized spacial score (nSPS) is 10.4. The molecule has 0 N–H and O–H groups in total. The fraction of sp³-hybridized carbons (Fsp3) is 0.308. The first-order valence-electron chi connectivity index (χ1n) is 5.64. The number of aryl methyl sites for hydroxylation is 1. The summed E-state index contributed by atoms with van der Waals surface area (Å²) in [6.45, 7) is 2.89. The van der Waals surface area contributed by atoms with Gasteiger partial charge in [-0.1, -0.05) is 11.6 Å². The zero-order chi connectivity index (χ0) is 13.1. The molecule has 1 aromatic carbocycles. The van der Waals surface area contributed by atoms with Crippen molar-refractivity contribution in [3.05, 3.63) is 29.5 Å². The Morgan fingerprint density at radius 2 is 2.06 bits per heavy atom. The van der Waals surface area contributed by atoms with Crippen molar-refractivity contribution in [1.82, 2.24) is 9.55 Å². The number of nitrogens with zero attached hydrogens (tertiary/aromatic N) is 2. The SMILES string of the molecule is CCn1ccnc1-c1ccc(OC)c(OC)c1Cl. The van der Waals surface area contributed by atoms with Crippen molar-refractivity contribution >= 4 is 11.6 Å². The molecule has 0 unspecified atom stereocenters. The van der Waals surface area contributed by atoms with Crippen LogP contribution in [-0.2, 0) is 6.54 Å². The highest BCUT2D eigenvalue weighted by Crippen LogP contribution is 2.41. The molecule has 0 bridgehead atoms. The van der Waals surface area contributed by atoms with E-state index in [9.17, 15) is 0 Å². The Morgan fingerprint density at radius 3 is 2.67 bits per heavy atom. The van der Waals surface area contributed by atoms with E-state index in [0.29, 0.717) is 16.5 Å². The molecule has 1 aromatic heterocycles. The molecule has 0 atom stereocenters. The number of aromatic nitrogens is 2. The van der Waals surface area contributed by atoms with Crippen molar-refractivity contribution in [2.24, 2.45) is 0 Å². The number of halogens is 1. The average molecular weight is 267 g/mol. The summed E-state index contributed by atoms with van der Waals surface area (Å²) >= 11 is 6.35. The van der Waals surface area contributed by atoms with Crippen LogP contribution in [0.3, 0.4) is 0 Å². The number of rotatable bonds is 4. The van der Waals surface area contributed by atoms with Crippen LogP contribution in [0.2, 0.25) is 5.02 Å². The van der Waals surface area contributed by atoms with Gasteiger partial charge in [-0.05, 0) is 19.1 Å². The molecule has 0 radical (unpaired) electrons. The molecular formula is C13H15ClN2O2. The Labute approximate surface area is 111 Å². The van der Waals surface area contributed by atoms with Gasteiger partial charge in [-0.2, -0.15) is 0 Å². The van der Waals surface area contributed by atoms with Gasteiger partial charge in [0, 0.05) is 24.5 Å². The first kappa shape index (κ1) is 12.8. The zero-order valence-corrected chi connectivity index (χ0v) is 11.4. The molecule has 0 amide bonds. The molecule has 0 aliphatic rings. The standard InChI is InChI=1S/C13H15ClN2O2/c1-4-16-8-7-15-13(16)9-5-6-10(17-2)12(18-3)11(9)14/h5-8H,4H2,1-3H3. The molecule has 96 valence electrons. The van der Waals surface area contributed by atoms with Crippen LogP contribution in [0.4, 0.5) is 0 Å². The summed E-state index contributed by atoms with van der Waals surface area (Å²) in [7, 11) is 3.15. The van der Waals surface area contributed by atoms with Crippen LogP contribution < -0.4 is 9.47 Å². The third-order valence-electron chi connectivity index (χ3n) is 2.78. The summed E-state index contributed by atoms with van der Waals surface area (Å²) in [5.74, 6) is 1.96. The molecule has 0 spiro atoms. The molecule has 0 saturated carbocycles. The van der Waals surface area contributed by atoms with Crippen molar-refractivity contribution < 1.29 is 9.47 Å². The van der Waals surface area contributed by atoms with Crippen molar-refractivity contribution in [2.45, 2.75) is 13.5 Å². The summed E-state index contributed by atoms with van der Waals surface area (Å²) in [5.41, 5.74) is 0.834. The van der Waals surface area contributed by atoms with Gasteiger partial charge >= 0.3 is 0 Å². The molecule has 0 fully saturated rings. The molecule has 0 aliphatic carbocycles. The summed E-state index contributed by atoms with van der Waals surface area (Å²) in [4.78, 5) is 4.33. The molecule has 0 saturated heterocycles. The minimum Gasteiger partial charge on any atom is -0.493 e. The maximum atomic E-state index is 6.35. The van der Waals surface area contributed by atoms with Gasteiger partial charge in [0.15, 0.2) is 11.5 Å². The first-order valence-corrected chi connectivity index (χ1v) is 6.02. The van der Waals surface area contributed by atoms with Crippen LogP contribution in [0, 0.1) is 0 Å². The maximum Gasteiger partial charge on any atom is 0.180 e. The van der Waals surface area contributed by atoms with Gasteiger partial charge in [0.05, 0.1) is 19.2 Å². The third kappa shape index (κ3) is 2.04. The number of hydrogen-bond donors (Lipinski definition) is 0. The highest BCUT2D eigenvalue weighted by Gasteiger charge is 2.16. The van der Waals surface area contributed by atoms with Crippen molar-refractivity contribution in [1.29, 1.82) is 0 Å². The fourth-order valence-corrected chi connectivity index (χ4v) is 2.19. The van der Waals surface area contributed by atoms with Gasteiger partial charge < -0.3 is 14.0 Å². The summed E-state index contributed by atoms with van der Waals surface area (Å²) in [6, 6.07) is 3.72. The fourth-order valence-electron chi connectivity index (χ4n) is 1.87. The molecule has 5 heteroatoms. The quantitative estimate of drug-likeness (QED) is 0.852. The number of ether oxygens (including phenoxy) is 2. The maximum absolute atomic E-state index is 6.35. The highest BCUT2D eigenvalue weighted by atomic mass is 35.5. The summed E-state index contributed by atoms with van der Waals surface area (Å²) in [6.07, 6.45) is 3.67. The summed E-state index contributed by atoms with van der Waals surface area (Å²) in [5, 5.41) is 0.512. The summed E-state index contributed by atoms with van der Waals surface area (Å²) < 4.78 is 12.5. The van der Waals surface area contributed by atoms with E-state index in [1.165, 1.54) is 0 Å². The molecular weight excluding hydrogens is 252 g/mol. The Morgan fingerprint density at radius 1 is 1.28 bits per heavy atom. The Hall–Kier alpha value is -1.68. The van der Waals surface area contributed by atoms with Crippen molar-refractivity contribution in [3.63, 3.8) is 0 Å². The smallest absolute Gasteiger partial charge is 0.180 e. The van der Waals surface area contributed by atoms with Crippen LogP contribution in [0.5, 0.6) is 11.5 Å². The van der Waals surface area contributed by atoms with E-state index in [1.807, 2.05) is 22.9 Å². The lowest BCUT2D eigenvalue weighted by molar-refractivity contribution is 0.355. The first-order chi connectivity index (χ1) is 8.72. The minimum absolute atomic E-state index is 0.512. The van der Waals surface area contributed by atoms with E-state index < -0.39 is 0 Å². The van der Waals surface area contributed by atoms with Crippen LogP contribution in [-0.4, -0.2) is 23.8 Å². The Bertz CT molecular complexity index is 552. The Kier molecular flexibility index (Phi) is 3.77. The molecule has 2 rings (SSSR count). The highest BCUT2D eigenvalue weighted by molar-refractivity contribution is 6.35. The second kappa shape index (κ2) is 5.31. The van der Waals surface area contributed by atoms with Gasteiger partial charge in [0.25, 0.3) is 0 Å². The predicted octanol–water partition coefficient (Wildman–Crippen LogP) is 3.24. The predicted molar refractivity (Wildman–Crippen MR) is 71.5 cm³/mol. The molecule has 2 aromatic rings. The van der Waals surface area contributed by atoms with Crippen LogP contribution >= 0.6 is 11.6 Å². The molecule has 0 aliphatic heterocycles. The van der Waals surface area contributed by atoms with Gasteiger partial charge in [-0.3, -0.25) is 0 Å². The monoisotopic (exact) mass is 266 g/mol. The van der Waals surface area contributed by atoms with E-state index in [2.05, 4.69) is 11.9 Å². The van der Waals surface area contributed by atoms with Gasteiger partial charge in [-0.25, -0.2) is 4.98 Å². The second-order valence-corrected chi connectivity index (χ2v) is 4.08. The van der Waals surface area contributed by atoms with Gasteiger partial charge in [0.2, 0.25) is 0 Å². The third-order valence-corrected chi connectivity index (χ3v) is 3.16. The van der Waals surface area contributed by atoms with E-state index in [-0.39, 0.29) is 0 Å². The number of hydrogen-bond acceptors (Lipinski definition) is 3. The second-order valence-electron chi connectivity index (χ2n) is 3.70. The topological polar surface area (TPSA) is 36.3 Å². The number of imidazole rings is 1. The van der Waals surface area contributed by atoms with E-state index in [1.54, 1.807) is 20.4 Å². The van der Waals surface area contributed by atoms with Crippen LogP contribution in [0.25, 0.3) is 11.4 Å². The lowest BCUT2D eigenvalue weighted by Gasteiger charge is -2.13. The van der Waals surface area contributed by atoms with Gasteiger partial charge in [-0.15, -0.1) is 0 Å². The van der Waals surface area contributed by atoms with Crippen LogP contribution in [0.1, 0.15) is 6.92 Å². The largest absolute Gasteiger partial charge is 0.493 e. The van der Waals surface area contributed by atoms with Crippen molar-refractivity contribution in [2.75, 3.05) is 14.2 Å². The average Bonchev–Trinajstić information content (AvgIpc) is 2.86. The molecule has 4 nitrogen and oxygen atoms in total. The van der Waals surface area contributed by atoms with Gasteiger partial charge in [0.1, 0.15) is 5.82 Å². The lowest BCUT2D eigenvalue weighted by atomic mass is 10.2. The van der Waals surface area contributed by atoms with E-state index in [0.717, 1.165) is 17.9 Å². The van der Waals surface area contributed by atoms with Crippen molar-refractivity contribution in [3.8, 4) is 22.9 Å². The Balaban J connectivity index is 2.59. The minimum atomic E-state index is 0.512. The van der Waals surface area contributed by atoms with E-state index >= 15 is 0 Å². The van der Waals surface area contributed by atoms with Crippen LogP contribution in [0.15, 0.2) is 24.5 Å². The lowest BCUT2D eigenvalue weighted by Crippen LogP contribution is -1.98. The van der Waals surface area contributed by atoms with E-state index in [4.69, 9.17) is 21.1 Å². The number of benzene rings is 1. The molecule has 1 heterocycles. The zero-order valence-electron chi connectivity index (χ0n) is 10.6. The number of methoxy groups -OCH3 is 2. The molecule has 18 heavy (non-hydrogen) atoms.